The van der Waals surface area contributed by atoms with Crippen molar-refractivity contribution in [2.45, 2.75) is 64.1 Å². The average Bonchev–Trinajstić information content (AvgIpc) is 3.01. The third kappa shape index (κ3) is 2.87. The van der Waals surface area contributed by atoms with Gasteiger partial charge < -0.3 is 10.6 Å². The number of nitrogens with one attached hydrogen (secondary N) is 2. The lowest BCUT2D eigenvalue weighted by Gasteiger charge is -2.38. The predicted molar refractivity (Wildman–Crippen MR) is 82.3 cm³/mol. The van der Waals surface area contributed by atoms with Crippen LogP contribution in [-0.2, 0) is 11.3 Å². The van der Waals surface area contributed by atoms with Crippen LogP contribution in [0.3, 0.4) is 0 Å². The van der Waals surface area contributed by atoms with Gasteiger partial charge in [0.25, 0.3) is 5.91 Å². The van der Waals surface area contributed by atoms with E-state index in [0.717, 1.165) is 32.2 Å². The quantitative estimate of drug-likeness (QED) is 0.884. The van der Waals surface area contributed by atoms with Crippen molar-refractivity contribution in [2.24, 2.45) is 5.92 Å². The number of nitrogens with zero attached hydrogens (tertiary/aromatic N) is 2. The van der Waals surface area contributed by atoms with Gasteiger partial charge in [-0.25, -0.2) is 0 Å². The first kappa shape index (κ1) is 15.1. The molecule has 0 spiro atoms. The Morgan fingerprint density at radius 3 is 3.14 bits per heavy atom. The summed E-state index contributed by atoms with van der Waals surface area (Å²) in [6, 6.07) is 0.0726. The summed E-state index contributed by atoms with van der Waals surface area (Å²) in [7, 11) is 0. The van der Waals surface area contributed by atoms with Crippen molar-refractivity contribution in [1.29, 1.82) is 0 Å². The van der Waals surface area contributed by atoms with E-state index in [9.17, 15) is 9.59 Å². The highest BCUT2D eigenvalue weighted by atomic mass is 16.2. The largest absolute Gasteiger partial charge is 0.351 e. The van der Waals surface area contributed by atoms with Gasteiger partial charge in [-0.3, -0.25) is 14.3 Å². The molecule has 0 bridgehead atoms. The number of hydrogen-bond donors (Lipinski definition) is 2. The van der Waals surface area contributed by atoms with Gasteiger partial charge in [-0.05, 0) is 18.8 Å². The summed E-state index contributed by atoms with van der Waals surface area (Å²) >= 11 is 0. The summed E-state index contributed by atoms with van der Waals surface area (Å²) in [6.07, 6.45) is 7.75. The van der Waals surface area contributed by atoms with E-state index in [4.69, 9.17) is 0 Å². The molecule has 22 heavy (non-hydrogen) atoms. The van der Waals surface area contributed by atoms with E-state index in [2.05, 4.69) is 29.6 Å². The van der Waals surface area contributed by atoms with Crippen LogP contribution in [-0.4, -0.2) is 33.2 Å². The molecule has 1 saturated carbocycles. The summed E-state index contributed by atoms with van der Waals surface area (Å²) in [4.78, 5) is 24.3. The number of hydrogen-bond acceptors (Lipinski definition) is 3. The van der Waals surface area contributed by atoms with Crippen LogP contribution in [0.4, 0.5) is 0 Å². The van der Waals surface area contributed by atoms with E-state index in [1.165, 1.54) is 0 Å². The number of rotatable bonds is 4. The maximum Gasteiger partial charge on any atom is 0.254 e. The van der Waals surface area contributed by atoms with Gasteiger partial charge in [0, 0.05) is 12.7 Å². The number of carbonyl (C=O) groups is 2. The first-order valence-electron chi connectivity index (χ1n) is 8.13. The van der Waals surface area contributed by atoms with Crippen molar-refractivity contribution in [3.05, 3.63) is 18.0 Å². The SMILES string of the molecule is CC(C)Cn1cc(C(=O)N[C@@]23CCCC[C@@H]2NC(=O)C3)cn1. The van der Waals surface area contributed by atoms with Crippen LogP contribution in [0.25, 0.3) is 0 Å². The van der Waals surface area contributed by atoms with Crippen molar-refractivity contribution >= 4 is 11.8 Å². The van der Waals surface area contributed by atoms with Crippen molar-refractivity contribution in [3.63, 3.8) is 0 Å². The summed E-state index contributed by atoms with van der Waals surface area (Å²) in [5, 5.41) is 10.4. The molecule has 0 radical (unpaired) electrons. The summed E-state index contributed by atoms with van der Waals surface area (Å²) in [5.41, 5.74) is 0.158. The van der Waals surface area contributed by atoms with Crippen LogP contribution in [0.1, 0.15) is 56.3 Å². The normalized spacial score (nSPS) is 27.6. The minimum Gasteiger partial charge on any atom is -0.351 e. The van der Waals surface area contributed by atoms with Gasteiger partial charge in [-0.15, -0.1) is 0 Å². The molecule has 1 aromatic heterocycles. The fraction of sp³-hybridized carbons (Fsp3) is 0.688. The van der Waals surface area contributed by atoms with Gasteiger partial charge in [0.1, 0.15) is 0 Å². The molecule has 2 amide bonds. The summed E-state index contributed by atoms with van der Waals surface area (Å²) in [5.74, 6) is 0.398. The summed E-state index contributed by atoms with van der Waals surface area (Å²) in [6.45, 7) is 5.02. The van der Waals surface area contributed by atoms with Gasteiger partial charge in [-0.2, -0.15) is 5.10 Å². The van der Waals surface area contributed by atoms with Crippen LogP contribution < -0.4 is 10.6 Å². The molecule has 2 atom stereocenters. The number of carbonyl (C=O) groups excluding carboxylic acids is 2. The van der Waals surface area contributed by atoms with Crippen molar-refractivity contribution < 1.29 is 9.59 Å². The number of amides is 2. The van der Waals surface area contributed by atoms with E-state index < -0.39 is 5.54 Å². The second-order valence-electron chi connectivity index (χ2n) is 7.00. The van der Waals surface area contributed by atoms with E-state index >= 15 is 0 Å². The Bertz CT molecular complexity index is 580. The molecule has 2 aliphatic rings. The highest BCUT2D eigenvalue weighted by Crippen LogP contribution is 2.35. The van der Waals surface area contributed by atoms with E-state index in [-0.39, 0.29) is 17.9 Å². The fourth-order valence-electron chi connectivity index (χ4n) is 3.64. The van der Waals surface area contributed by atoms with Crippen molar-refractivity contribution in [3.8, 4) is 0 Å². The van der Waals surface area contributed by atoms with Gasteiger partial charge in [-0.1, -0.05) is 26.7 Å². The van der Waals surface area contributed by atoms with Gasteiger partial charge in [0.05, 0.1) is 29.8 Å². The van der Waals surface area contributed by atoms with Crippen LogP contribution >= 0.6 is 0 Å². The lowest BCUT2D eigenvalue weighted by molar-refractivity contribution is -0.119. The van der Waals surface area contributed by atoms with Gasteiger partial charge >= 0.3 is 0 Å². The fourth-order valence-corrected chi connectivity index (χ4v) is 3.64. The Labute approximate surface area is 130 Å². The third-order valence-corrected chi connectivity index (χ3v) is 4.65. The Kier molecular flexibility index (Phi) is 3.93. The molecule has 2 fully saturated rings. The Hall–Kier alpha value is -1.85. The topological polar surface area (TPSA) is 76.0 Å². The molecule has 1 saturated heterocycles. The van der Waals surface area contributed by atoms with Gasteiger partial charge in [0.15, 0.2) is 0 Å². The lowest BCUT2D eigenvalue weighted by atomic mass is 9.77. The molecule has 1 aliphatic carbocycles. The number of aromatic nitrogens is 2. The van der Waals surface area contributed by atoms with Gasteiger partial charge in [0.2, 0.25) is 5.91 Å². The molecule has 6 heteroatoms. The number of fused-ring (bicyclic) bond motifs is 1. The molecular formula is C16H24N4O2. The average molecular weight is 304 g/mol. The van der Waals surface area contributed by atoms with Crippen molar-refractivity contribution in [1.82, 2.24) is 20.4 Å². The van der Waals surface area contributed by atoms with Crippen LogP contribution in [0.5, 0.6) is 0 Å². The minimum atomic E-state index is -0.410. The third-order valence-electron chi connectivity index (χ3n) is 4.65. The van der Waals surface area contributed by atoms with E-state index in [1.807, 2.05) is 0 Å². The zero-order valence-electron chi connectivity index (χ0n) is 13.3. The molecule has 6 nitrogen and oxygen atoms in total. The standard InChI is InChI=1S/C16H24N4O2/c1-11(2)9-20-10-12(8-17-20)15(22)19-16-6-4-3-5-13(16)18-14(21)7-16/h8,10-11,13H,3-7,9H2,1-2H3,(H,18,21)(H,19,22)/t13-,16+/m0/s1. The summed E-state index contributed by atoms with van der Waals surface area (Å²) < 4.78 is 1.80. The Morgan fingerprint density at radius 2 is 2.36 bits per heavy atom. The lowest BCUT2D eigenvalue weighted by Crippen LogP contribution is -2.57. The molecule has 0 unspecified atom stereocenters. The monoisotopic (exact) mass is 304 g/mol. The van der Waals surface area contributed by atoms with E-state index in [0.29, 0.717) is 17.9 Å². The zero-order valence-corrected chi connectivity index (χ0v) is 13.3. The molecule has 0 aromatic carbocycles. The molecule has 1 aromatic rings. The highest BCUT2D eigenvalue weighted by molar-refractivity contribution is 5.95. The highest BCUT2D eigenvalue weighted by Gasteiger charge is 2.49. The predicted octanol–water partition coefficient (Wildman–Crippen LogP) is 1.47. The molecule has 2 N–H and O–H groups in total. The maximum atomic E-state index is 12.6. The van der Waals surface area contributed by atoms with Crippen LogP contribution in [0, 0.1) is 5.92 Å². The van der Waals surface area contributed by atoms with Crippen molar-refractivity contribution in [2.75, 3.05) is 0 Å². The second kappa shape index (κ2) is 5.74. The second-order valence-corrected chi connectivity index (χ2v) is 7.00. The minimum absolute atomic E-state index is 0.0442. The molecule has 2 heterocycles. The molecule has 1 aliphatic heterocycles. The zero-order chi connectivity index (χ0) is 15.7. The first-order chi connectivity index (χ1) is 10.5. The Balaban J connectivity index is 1.72. The Morgan fingerprint density at radius 1 is 1.55 bits per heavy atom. The van der Waals surface area contributed by atoms with Crippen LogP contribution in [0.2, 0.25) is 0 Å². The van der Waals surface area contributed by atoms with Crippen LogP contribution in [0.15, 0.2) is 12.4 Å². The molecule has 3 rings (SSSR count). The molecular weight excluding hydrogens is 280 g/mol. The maximum absolute atomic E-state index is 12.6. The molecule has 120 valence electrons. The first-order valence-corrected chi connectivity index (χ1v) is 8.13. The van der Waals surface area contributed by atoms with E-state index in [1.54, 1.807) is 17.1 Å². The smallest absolute Gasteiger partial charge is 0.254 e.